The van der Waals surface area contributed by atoms with Crippen LogP contribution in [0.5, 0.6) is 0 Å². The number of rotatable bonds is 24. The van der Waals surface area contributed by atoms with Crippen molar-refractivity contribution in [1.29, 1.82) is 0 Å². The highest BCUT2D eigenvalue weighted by Crippen LogP contribution is 2.38. The number of unbranched alkanes of at least 4 members (excludes halogenated alkanes) is 15. The zero-order chi connectivity index (χ0) is 24.1. The molecule has 32 heavy (non-hydrogen) atoms. The third kappa shape index (κ3) is 17.4. The van der Waals surface area contributed by atoms with Crippen LogP contribution < -0.4 is 0 Å². The summed E-state index contributed by atoms with van der Waals surface area (Å²) in [4.78, 5) is 17.7. The Morgan fingerprint density at radius 3 is 1.44 bits per heavy atom. The zero-order valence-electron chi connectivity index (χ0n) is 20.6. The first-order valence-electron chi connectivity index (χ1n) is 12.4. The molecule has 0 saturated heterocycles. The number of hydrogen-bond donors (Lipinski definition) is 3. The minimum Gasteiger partial charge on any atom is -0.364 e. The Bertz CT molecular complexity index is 453. The van der Waals surface area contributed by atoms with Crippen molar-refractivity contribution in [3.05, 3.63) is 0 Å². The van der Waals surface area contributed by atoms with Crippen molar-refractivity contribution < 1.29 is 38.2 Å². The maximum absolute atomic E-state index is 10.9. The number of aliphatic hydroxyl groups is 1. The van der Waals surface area contributed by atoms with E-state index in [1.807, 2.05) is 0 Å². The molecule has 8 nitrogen and oxygen atoms in total. The highest BCUT2D eigenvalue weighted by Gasteiger charge is 2.42. The van der Waals surface area contributed by atoms with Crippen molar-refractivity contribution in [2.24, 2.45) is 0 Å². The summed E-state index contributed by atoms with van der Waals surface area (Å²) < 4.78 is 30.8. The second-order valence-corrected chi connectivity index (χ2v) is 9.75. The number of phosphoric acid groups is 1. The monoisotopic (exact) mass is 484 g/mol. The molecule has 9 heteroatoms. The molecular weight excluding hydrogens is 435 g/mol. The van der Waals surface area contributed by atoms with E-state index in [9.17, 15) is 9.67 Å². The van der Waals surface area contributed by atoms with Crippen molar-refractivity contribution >= 4 is 7.82 Å². The molecule has 1 unspecified atom stereocenters. The molecule has 0 saturated carbocycles. The lowest BCUT2D eigenvalue weighted by atomic mass is 10.0. The molecule has 0 aromatic rings. The Kier molecular flexibility index (Phi) is 20.3. The molecule has 0 aliphatic rings. The van der Waals surface area contributed by atoms with E-state index in [1.54, 1.807) is 0 Å². The molecule has 194 valence electrons. The summed E-state index contributed by atoms with van der Waals surface area (Å²) in [6.07, 6.45) is 18.9. The van der Waals surface area contributed by atoms with Crippen LogP contribution in [0.1, 0.15) is 110 Å². The largest absolute Gasteiger partial charge is 0.469 e. The quantitative estimate of drug-likeness (QED) is 0.0910. The molecule has 0 spiro atoms. The van der Waals surface area contributed by atoms with E-state index in [2.05, 4.69) is 11.4 Å². The van der Waals surface area contributed by atoms with Gasteiger partial charge in [0.1, 0.15) is 6.61 Å². The fourth-order valence-electron chi connectivity index (χ4n) is 3.62. The molecule has 0 heterocycles. The summed E-state index contributed by atoms with van der Waals surface area (Å²) in [6, 6.07) is 0. The second-order valence-electron chi connectivity index (χ2n) is 8.51. The Labute approximate surface area is 195 Å². The number of phosphoric ester groups is 1. The third-order valence-electron chi connectivity index (χ3n) is 5.77. The third-order valence-corrected chi connectivity index (χ3v) is 6.24. The first kappa shape index (κ1) is 31.9. The zero-order valence-corrected chi connectivity index (χ0v) is 21.5. The summed E-state index contributed by atoms with van der Waals surface area (Å²) in [7, 11) is -2.23. The Morgan fingerprint density at radius 2 is 1.09 bits per heavy atom. The van der Waals surface area contributed by atoms with Crippen molar-refractivity contribution in [2.75, 3.05) is 27.4 Å². The van der Waals surface area contributed by atoms with Gasteiger partial charge in [0.15, 0.2) is 0 Å². The van der Waals surface area contributed by atoms with Crippen molar-refractivity contribution in [2.45, 2.75) is 122 Å². The van der Waals surface area contributed by atoms with E-state index in [-0.39, 0.29) is 0 Å². The number of aliphatic hydroxyl groups excluding tert-OH is 1. The van der Waals surface area contributed by atoms with Gasteiger partial charge in [0, 0.05) is 20.8 Å². The molecule has 1 atom stereocenters. The van der Waals surface area contributed by atoms with Crippen LogP contribution in [0.3, 0.4) is 0 Å². The summed E-state index contributed by atoms with van der Waals surface area (Å²) in [6.45, 7) is 1.89. The molecular formula is C23H49O8P. The summed E-state index contributed by atoms with van der Waals surface area (Å²) >= 11 is 0. The topological polar surface area (TPSA) is 115 Å². The molecule has 0 rings (SSSR count). The van der Waals surface area contributed by atoms with Crippen LogP contribution in [-0.2, 0) is 23.3 Å². The number of hydrogen-bond acceptors (Lipinski definition) is 6. The highest BCUT2D eigenvalue weighted by molar-refractivity contribution is 7.46. The van der Waals surface area contributed by atoms with E-state index >= 15 is 0 Å². The average molecular weight is 485 g/mol. The molecule has 0 bridgehead atoms. The number of ether oxygens (including phenoxy) is 3. The molecule has 0 aliphatic carbocycles. The van der Waals surface area contributed by atoms with Gasteiger partial charge in [-0.1, -0.05) is 103 Å². The van der Waals surface area contributed by atoms with Crippen molar-refractivity contribution in [1.82, 2.24) is 0 Å². The molecule has 0 radical (unpaired) electrons. The smallest absolute Gasteiger partial charge is 0.364 e. The molecule has 0 aromatic heterocycles. The maximum atomic E-state index is 10.9. The van der Waals surface area contributed by atoms with Crippen LogP contribution in [-0.4, -0.2) is 54.4 Å². The van der Waals surface area contributed by atoms with Gasteiger partial charge < -0.3 is 29.1 Å². The summed E-state index contributed by atoms with van der Waals surface area (Å²) in [5.41, 5.74) is 0. The van der Waals surface area contributed by atoms with Gasteiger partial charge in [-0.2, -0.15) is 0 Å². The van der Waals surface area contributed by atoms with Crippen LogP contribution in [0.2, 0.25) is 0 Å². The van der Waals surface area contributed by atoms with Gasteiger partial charge in [0.2, 0.25) is 12.1 Å². The van der Waals surface area contributed by atoms with E-state index < -0.39 is 26.5 Å². The van der Waals surface area contributed by atoms with Crippen LogP contribution >= 0.6 is 7.82 Å². The van der Waals surface area contributed by atoms with E-state index in [0.717, 1.165) is 19.3 Å². The van der Waals surface area contributed by atoms with Crippen LogP contribution in [0.15, 0.2) is 0 Å². The molecule has 0 aromatic carbocycles. The molecule has 3 N–H and O–H groups in total. The molecule has 0 amide bonds. The Balaban J connectivity index is 3.61. The highest BCUT2D eigenvalue weighted by atomic mass is 31.2. The number of methoxy groups -OCH3 is 2. The van der Waals surface area contributed by atoms with Crippen LogP contribution in [0, 0.1) is 0 Å². The van der Waals surface area contributed by atoms with Gasteiger partial charge in [-0.3, -0.25) is 4.52 Å². The fraction of sp³-hybridized carbons (Fsp3) is 1.00. The average Bonchev–Trinajstić information content (AvgIpc) is 2.76. The predicted molar refractivity (Wildman–Crippen MR) is 126 cm³/mol. The molecule has 0 aliphatic heterocycles. The van der Waals surface area contributed by atoms with E-state index in [1.165, 1.54) is 97.7 Å². The maximum Gasteiger partial charge on any atom is 0.469 e. The Hall–Kier alpha value is -0.0500. The van der Waals surface area contributed by atoms with Gasteiger partial charge in [0.25, 0.3) is 0 Å². The van der Waals surface area contributed by atoms with Crippen molar-refractivity contribution in [3.8, 4) is 0 Å². The summed E-state index contributed by atoms with van der Waals surface area (Å²) in [5.74, 6) is -1.80. The minimum atomic E-state index is -4.72. The van der Waals surface area contributed by atoms with E-state index in [0.29, 0.717) is 6.61 Å². The lowest BCUT2D eigenvalue weighted by Crippen LogP contribution is -2.51. The van der Waals surface area contributed by atoms with Crippen molar-refractivity contribution in [3.63, 3.8) is 0 Å². The van der Waals surface area contributed by atoms with Crippen LogP contribution in [0.4, 0.5) is 0 Å². The second kappa shape index (κ2) is 20.3. The van der Waals surface area contributed by atoms with Crippen LogP contribution in [0.25, 0.3) is 0 Å². The molecule has 0 fully saturated rings. The summed E-state index contributed by atoms with van der Waals surface area (Å²) in [5, 5.41) is 10.2. The van der Waals surface area contributed by atoms with Gasteiger partial charge in [0.05, 0.1) is 0 Å². The minimum absolute atomic E-state index is 0.296. The first-order valence-corrected chi connectivity index (χ1v) is 13.9. The Morgan fingerprint density at radius 1 is 0.719 bits per heavy atom. The fourth-order valence-corrected chi connectivity index (χ4v) is 3.97. The lowest BCUT2D eigenvalue weighted by Gasteiger charge is -2.34. The van der Waals surface area contributed by atoms with Gasteiger partial charge in [-0.05, 0) is 6.42 Å². The van der Waals surface area contributed by atoms with Gasteiger partial charge >= 0.3 is 7.82 Å². The van der Waals surface area contributed by atoms with E-state index in [4.69, 9.17) is 24.0 Å². The SMILES string of the molecule is CCCCCCCCCCCCCCCCCCOC(O)C(COP(=O)(O)O)(OC)OC. The van der Waals surface area contributed by atoms with Gasteiger partial charge in [-0.25, -0.2) is 4.57 Å². The predicted octanol–water partition coefficient (Wildman–Crippen LogP) is 5.68. The standard InChI is InChI=1S/C23H49O8P/c1-4-5-6-7-8-9-10-11-12-13-14-15-16-17-18-19-20-30-22(24)23(28-2,29-3)21-31-32(25,26)27/h22,24H,4-21H2,1-3H3,(H2,25,26,27). The van der Waals surface area contributed by atoms with Gasteiger partial charge in [-0.15, -0.1) is 0 Å². The normalized spacial score (nSPS) is 13.6. The lowest BCUT2D eigenvalue weighted by molar-refractivity contribution is -0.334. The first-order chi connectivity index (χ1) is 15.3.